The molecule has 0 aliphatic carbocycles. The summed E-state index contributed by atoms with van der Waals surface area (Å²) in [5.74, 6) is 0.0378. The molecule has 0 aliphatic rings. The first-order chi connectivity index (χ1) is 14.1. The summed E-state index contributed by atoms with van der Waals surface area (Å²) in [7, 11) is 0. The van der Waals surface area contributed by atoms with Gasteiger partial charge in [0, 0.05) is 17.4 Å². The van der Waals surface area contributed by atoms with Crippen molar-refractivity contribution in [2.45, 2.75) is 13.2 Å². The van der Waals surface area contributed by atoms with Gasteiger partial charge in [0.15, 0.2) is 11.6 Å². The Balaban J connectivity index is 1.78. The van der Waals surface area contributed by atoms with Gasteiger partial charge in [-0.3, -0.25) is 0 Å². The molecule has 152 valence electrons. The average molecular weight is 400 g/mol. The Hall–Kier alpha value is -3.27. The van der Waals surface area contributed by atoms with Crippen LogP contribution in [0.1, 0.15) is 11.1 Å². The summed E-state index contributed by atoms with van der Waals surface area (Å²) >= 11 is 0. The van der Waals surface area contributed by atoms with Crippen LogP contribution in [0.5, 0.6) is 5.75 Å². The first-order valence-electron chi connectivity index (χ1n) is 8.86. The standard InChI is InChI=1S/C20H21FN4O4/c21-18-10-22-20(24-15-2-1-3-17(9-15)29-7-6-26)25-19(18)23-16-5-4-13(11-27)14(8-16)12-28/h1-5,8-10,26-28H,6-7,11-12H2,(H2,22,23,24,25). The summed E-state index contributed by atoms with van der Waals surface area (Å²) in [4.78, 5) is 8.09. The van der Waals surface area contributed by atoms with Gasteiger partial charge in [-0.2, -0.15) is 4.98 Å². The van der Waals surface area contributed by atoms with Crippen molar-refractivity contribution in [2.75, 3.05) is 23.8 Å². The van der Waals surface area contributed by atoms with Gasteiger partial charge in [0.05, 0.1) is 26.0 Å². The van der Waals surface area contributed by atoms with Crippen molar-refractivity contribution in [1.82, 2.24) is 9.97 Å². The third-order valence-electron chi connectivity index (χ3n) is 4.00. The number of nitrogens with zero attached hydrogens (tertiary/aromatic N) is 2. The minimum Gasteiger partial charge on any atom is -0.491 e. The first kappa shape index (κ1) is 20.5. The molecular formula is C20H21FN4O4. The maximum Gasteiger partial charge on any atom is 0.229 e. The molecule has 0 spiro atoms. The topological polar surface area (TPSA) is 120 Å². The van der Waals surface area contributed by atoms with Crippen LogP contribution in [0.3, 0.4) is 0 Å². The van der Waals surface area contributed by atoms with Crippen LogP contribution >= 0.6 is 0 Å². The fraction of sp³-hybridized carbons (Fsp3) is 0.200. The average Bonchev–Trinajstić information content (AvgIpc) is 2.74. The zero-order valence-electron chi connectivity index (χ0n) is 15.5. The van der Waals surface area contributed by atoms with E-state index in [0.717, 1.165) is 6.20 Å². The Morgan fingerprint density at radius 1 is 0.931 bits per heavy atom. The molecule has 1 aromatic heterocycles. The number of rotatable bonds is 9. The molecule has 1 heterocycles. The minimum atomic E-state index is -0.646. The van der Waals surface area contributed by atoms with E-state index in [-0.39, 0.29) is 38.2 Å². The highest BCUT2D eigenvalue weighted by molar-refractivity contribution is 5.61. The minimum absolute atomic E-state index is 0.0455. The molecule has 0 aliphatic heterocycles. The molecule has 0 unspecified atom stereocenters. The molecule has 0 amide bonds. The monoisotopic (exact) mass is 400 g/mol. The third kappa shape index (κ3) is 5.38. The normalized spacial score (nSPS) is 10.6. The van der Waals surface area contributed by atoms with E-state index in [1.165, 1.54) is 0 Å². The lowest BCUT2D eigenvalue weighted by Crippen LogP contribution is -2.05. The van der Waals surface area contributed by atoms with Crippen molar-refractivity contribution in [3.63, 3.8) is 0 Å². The van der Waals surface area contributed by atoms with E-state index in [2.05, 4.69) is 20.6 Å². The van der Waals surface area contributed by atoms with Crippen LogP contribution in [0.2, 0.25) is 0 Å². The van der Waals surface area contributed by atoms with E-state index in [1.54, 1.807) is 42.5 Å². The fourth-order valence-corrected chi connectivity index (χ4v) is 2.61. The van der Waals surface area contributed by atoms with Crippen LogP contribution in [0.25, 0.3) is 0 Å². The van der Waals surface area contributed by atoms with E-state index in [9.17, 15) is 14.6 Å². The smallest absolute Gasteiger partial charge is 0.229 e. The summed E-state index contributed by atoms with van der Waals surface area (Å²) in [6.07, 6.45) is 1.04. The highest BCUT2D eigenvalue weighted by atomic mass is 19.1. The van der Waals surface area contributed by atoms with Gasteiger partial charge in [0.25, 0.3) is 0 Å². The molecule has 3 aromatic rings. The number of anilines is 4. The summed E-state index contributed by atoms with van der Waals surface area (Å²) in [6, 6.07) is 11.9. The number of aliphatic hydroxyl groups excluding tert-OH is 3. The summed E-state index contributed by atoms with van der Waals surface area (Å²) in [6.45, 7) is -0.368. The van der Waals surface area contributed by atoms with Crippen molar-refractivity contribution in [3.8, 4) is 5.75 Å². The second-order valence-corrected chi connectivity index (χ2v) is 6.04. The van der Waals surface area contributed by atoms with Crippen molar-refractivity contribution in [1.29, 1.82) is 0 Å². The van der Waals surface area contributed by atoms with Gasteiger partial charge in [-0.25, -0.2) is 9.37 Å². The molecule has 0 saturated carbocycles. The van der Waals surface area contributed by atoms with Crippen LogP contribution < -0.4 is 15.4 Å². The molecule has 0 fully saturated rings. The Morgan fingerprint density at radius 3 is 2.48 bits per heavy atom. The SMILES string of the molecule is OCCOc1cccc(Nc2ncc(F)c(Nc3ccc(CO)c(CO)c3)n2)c1. The highest BCUT2D eigenvalue weighted by Crippen LogP contribution is 2.24. The predicted molar refractivity (Wildman–Crippen MR) is 106 cm³/mol. The van der Waals surface area contributed by atoms with Gasteiger partial charge in [0.1, 0.15) is 12.4 Å². The van der Waals surface area contributed by atoms with E-state index in [0.29, 0.717) is 28.3 Å². The van der Waals surface area contributed by atoms with E-state index in [1.807, 2.05) is 0 Å². The first-order valence-corrected chi connectivity index (χ1v) is 8.86. The number of hydrogen-bond donors (Lipinski definition) is 5. The van der Waals surface area contributed by atoms with Crippen LogP contribution in [0.15, 0.2) is 48.7 Å². The lowest BCUT2D eigenvalue weighted by Gasteiger charge is -2.12. The van der Waals surface area contributed by atoms with Gasteiger partial charge in [-0.05, 0) is 35.4 Å². The largest absolute Gasteiger partial charge is 0.491 e. The molecule has 0 saturated heterocycles. The highest BCUT2D eigenvalue weighted by Gasteiger charge is 2.10. The van der Waals surface area contributed by atoms with Gasteiger partial charge in [-0.15, -0.1) is 0 Å². The Kier molecular flexibility index (Phi) is 6.90. The molecule has 8 nitrogen and oxygen atoms in total. The lowest BCUT2D eigenvalue weighted by atomic mass is 10.1. The predicted octanol–water partition coefficient (Wildman–Crippen LogP) is 2.46. The maximum atomic E-state index is 14.2. The summed E-state index contributed by atoms with van der Waals surface area (Å²) in [5.41, 5.74) is 2.26. The molecular weight excluding hydrogens is 379 g/mol. The molecule has 0 bridgehead atoms. The van der Waals surface area contributed by atoms with Gasteiger partial charge < -0.3 is 30.7 Å². The number of halogens is 1. The van der Waals surface area contributed by atoms with Crippen molar-refractivity contribution < 1.29 is 24.4 Å². The van der Waals surface area contributed by atoms with Crippen LogP contribution in [-0.2, 0) is 13.2 Å². The van der Waals surface area contributed by atoms with Gasteiger partial charge in [-0.1, -0.05) is 12.1 Å². The van der Waals surface area contributed by atoms with Gasteiger partial charge in [0.2, 0.25) is 5.95 Å². The Bertz CT molecular complexity index is 971. The molecule has 0 radical (unpaired) electrons. The van der Waals surface area contributed by atoms with Gasteiger partial charge >= 0.3 is 0 Å². The summed E-state index contributed by atoms with van der Waals surface area (Å²) < 4.78 is 19.5. The molecule has 2 aromatic carbocycles. The van der Waals surface area contributed by atoms with E-state index >= 15 is 0 Å². The number of benzene rings is 2. The molecule has 9 heteroatoms. The number of aliphatic hydroxyl groups is 3. The number of aromatic nitrogens is 2. The number of hydrogen-bond acceptors (Lipinski definition) is 8. The maximum absolute atomic E-state index is 14.2. The quantitative estimate of drug-likeness (QED) is 0.372. The lowest BCUT2D eigenvalue weighted by molar-refractivity contribution is 0.201. The second-order valence-electron chi connectivity index (χ2n) is 6.04. The number of ether oxygens (including phenoxy) is 1. The zero-order chi connectivity index (χ0) is 20.6. The second kappa shape index (κ2) is 9.78. The van der Waals surface area contributed by atoms with Crippen LogP contribution in [0.4, 0.5) is 27.5 Å². The molecule has 5 N–H and O–H groups in total. The van der Waals surface area contributed by atoms with Crippen LogP contribution in [0, 0.1) is 5.82 Å². The Morgan fingerprint density at radius 2 is 1.72 bits per heavy atom. The Labute approximate surface area is 166 Å². The van der Waals surface area contributed by atoms with E-state index in [4.69, 9.17) is 9.84 Å². The molecule has 3 rings (SSSR count). The van der Waals surface area contributed by atoms with Crippen molar-refractivity contribution in [2.24, 2.45) is 0 Å². The van der Waals surface area contributed by atoms with Crippen LogP contribution in [-0.4, -0.2) is 38.5 Å². The summed E-state index contributed by atoms with van der Waals surface area (Å²) in [5, 5.41) is 33.3. The van der Waals surface area contributed by atoms with Crippen molar-refractivity contribution in [3.05, 3.63) is 65.6 Å². The van der Waals surface area contributed by atoms with E-state index < -0.39 is 5.82 Å². The number of nitrogens with one attached hydrogen (secondary N) is 2. The fourth-order valence-electron chi connectivity index (χ4n) is 2.61. The van der Waals surface area contributed by atoms with Crippen molar-refractivity contribution >= 4 is 23.1 Å². The third-order valence-corrected chi connectivity index (χ3v) is 4.00. The molecule has 29 heavy (non-hydrogen) atoms. The molecule has 0 atom stereocenters. The zero-order valence-corrected chi connectivity index (χ0v) is 15.5.